The fourth-order valence-corrected chi connectivity index (χ4v) is 2.12. The van der Waals surface area contributed by atoms with Gasteiger partial charge in [0.1, 0.15) is 0 Å². The summed E-state index contributed by atoms with van der Waals surface area (Å²) in [5, 5.41) is 0. The Hall–Kier alpha value is -0.570. The molecule has 3 heteroatoms. The second kappa shape index (κ2) is 4.09. The van der Waals surface area contributed by atoms with Crippen molar-refractivity contribution in [3.8, 4) is 0 Å². The molecule has 13 heavy (non-hydrogen) atoms. The van der Waals surface area contributed by atoms with Crippen LogP contribution in [-0.2, 0) is 14.3 Å². The maximum Gasteiger partial charge on any atom is 0.311 e. The van der Waals surface area contributed by atoms with E-state index in [0.29, 0.717) is 6.61 Å². The van der Waals surface area contributed by atoms with Gasteiger partial charge in [-0.15, -0.1) is 0 Å². The first kappa shape index (κ1) is 9.00. The molecule has 2 saturated heterocycles. The van der Waals surface area contributed by atoms with Gasteiger partial charge in [0, 0.05) is 6.61 Å². The van der Waals surface area contributed by atoms with E-state index in [4.69, 9.17) is 9.47 Å². The Morgan fingerprint density at radius 1 is 1.08 bits per heavy atom. The van der Waals surface area contributed by atoms with E-state index in [0.717, 1.165) is 38.7 Å². The van der Waals surface area contributed by atoms with Crippen LogP contribution in [0.2, 0.25) is 0 Å². The van der Waals surface area contributed by atoms with E-state index in [-0.39, 0.29) is 18.0 Å². The molecule has 0 amide bonds. The average molecular weight is 184 g/mol. The minimum absolute atomic E-state index is 0.0185. The quantitative estimate of drug-likeness (QED) is 0.579. The number of ether oxygens (including phenoxy) is 2. The van der Waals surface area contributed by atoms with Gasteiger partial charge in [-0.05, 0) is 32.1 Å². The van der Waals surface area contributed by atoms with Crippen LogP contribution in [0.15, 0.2) is 0 Å². The molecule has 3 nitrogen and oxygen atoms in total. The van der Waals surface area contributed by atoms with Crippen LogP contribution in [0.5, 0.6) is 0 Å². The molecule has 74 valence electrons. The first-order chi connectivity index (χ1) is 6.38. The molecule has 2 fully saturated rings. The van der Waals surface area contributed by atoms with Crippen molar-refractivity contribution < 1.29 is 14.3 Å². The Morgan fingerprint density at radius 3 is 2.77 bits per heavy atom. The van der Waals surface area contributed by atoms with Gasteiger partial charge >= 0.3 is 5.97 Å². The Balaban J connectivity index is 1.97. The highest BCUT2D eigenvalue weighted by Crippen LogP contribution is 2.27. The van der Waals surface area contributed by atoms with Gasteiger partial charge in [-0.3, -0.25) is 4.79 Å². The molecule has 0 aromatic rings. The minimum Gasteiger partial charge on any atom is -0.465 e. The summed E-state index contributed by atoms with van der Waals surface area (Å²) in [6.07, 6.45) is 5.31. The Bertz CT molecular complexity index is 185. The molecule has 2 heterocycles. The lowest BCUT2D eigenvalue weighted by Crippen LogP contribution is -2.28. The number of hydrogen-bond acceptors (Lipinski definition) is 3. The number of esters is 1. The number of carbonyl (C=O) groups is 1. The number of rotatable bonds is 1. The van der Waals surface area contributed by atoms with Gasteiger partial charge in [0.05, 0.1) is 18.6 Å². The van der Waals surface area contributed by atoms with Crippen LogP contribution in [0, 0.1) is 5.92 Å². The Morgan fingerprint density at radius 2 is 2.00 bits per heavy atom. The molecule has 2 aliphatic heterocycles. The summed E-state index contributed by atoms with van der Waals surface area (Å²) in [6.45, 7) is 1.41. The molecule has 0 aromatic carbocycles. The molecule has 2 rings (SSSR count). The molecule has 0 saturated carbocycles. The molecule has 2 aliphatic rings. The maximum absolute atomic E-state index is 11.5. The lowest BCUT2D eigenvalue weighted by atomic mass is 9.95. The van der Waals surface area contributed by atoms with Crippen LogP contribution >= 0.6 is 0 Å². The van der Waals surface area contributed by atoms with Crippen LogP contribution in [0.3, 0.4) is 0 Å². The molecule has 0 aromatic heterocycles. The van der Waals surface area contributed by atoms with Crippen LogP contribution in [0.1, 0.15) is 32.1 Å². The van der Waals surface area contributed by atoms with Crippen LogP contribution in [0.25, 0.3) is 0 Å². The molecule has 0 spiro atoms. The highest BCUT2D eigenvalue weighted by Gasteiger charge is 2.33. The summed E-state index contributed by atoms with van der Waals surface area (Å²) >= 11 is 0. The first-order valence-electron chi connectivity index (χ1n) is 5.16. The van der Waals surface area contributed by atoms with E-state index in [1.54, 1.807) is 0 Å². The predicted octanol–water partition coefficient (Wildman–Crippen LogP) is 1.51. The fraction of sp³-hybridized carbons (Fsp3) is 0.900. The normalized spacial score (nSPS) is 35.5. The third kappa shape index (κ3) is 2.02. The Labute approximate surface area is 78.4 Å². The highest BCUT2D eigenvalue weighted by molar-refractivity contribution is 5.73. The number of carbonyl (C=O) groups excluding carboxylic acids is 1. The van der Waals surface area contributed by atoms with Crippen LogP contribution in [-0.4, -0.2) is 25.3 Å². The smallest absolute Gasteiger partial charge is 0.311 e. The van der Waals surface area contributed by atoms with Crippen molar-refractivity contribution in [2.75, 3.05) is 13.2 Å². The van der Waals surface area contributed by atoms with E-state index < -0.39 is 0 Å². The number of cyclic esters (lactones) is 1. The van der Waals surface area contributed by atoms with E-state index in [1.807, 2.05) is 0 Å². The van der Waals surface area contributed by atoms with Gasteiger partial charge in [0.15, 0.2) is 0 Å². The molecular formula is C10H16O3. The molecule has 0 aliphatic carbocycles. The predicted molar refractivity (Wildman–Crippen MR) is 47.3 cm³/mol. The zero-order valence-electron chi connectivity index (χ0n) is 7.83. The lowest BCUT2D eigenvalue weighted by Gasteiger charge is -2.18. The SMILES string of the molecule is O=C1OCCCCC1C1CCCO1. The van der Waals surface area contributed by atoms with Gasteiger partial charge in [-0.1, -0.05) is 0 Å². The van der Waals surface area contributed by atoms with Crippen molar-refractivity contribution in [2.45, 2.75) is 38.2 Å². The first-order valence-corrected chi connectivity index (χ1v) is 5.16. The Kier molecular flexibility index (Phi) is 2.83. The molecule has 2 atom stereocenters. The van der Waals surface area contributed by atoms with E-state index >= 15 is 0 Å². The molecule has 0 radical (unpaired) electrons. The standard InChI is InChI=1S/C10H16O3/c11-10-8(4-1-2-6-13-10)9-5-3-7-12-9/h8-9H,1-7H2. The van der Waals surface area contributed by atoms with Crippen molar-refractivity contribution in [2.24, 2.45) is 5.92 Å². The zero-order valence-corrected chi connectivity index (χ0v) is 7.83. The van der Waals surface area contributed by atoms with Gasteiger partial charge in [0.2, 0.25) is 0 Å². The molecule has 0 bridgehead atoms. The third-order valence-electron chi connectivity index (χ3n) is 2.87. The van der Waals surface area contributed by atoms with Crippen LogP contribution in [0.4, 0.5) is 0 Å². The monoisotopic (exact) mass is 184 g/mol. The van der Waals surface area contributed by atoms with Crippen molar-refractivity contribution in [1.29, 1.82) is 0 Å². The van der Waals surface area contributed by atoms with E-state index in [1.165, 1.54) is 0 Å². The second-order valence-electron chi connectivity index (χ2n) is 3.82. The summed E-state index contributed by atoms with van der Waals surface area (Å²) in [7, 11) is 0. The van der Waals surface area contributed by atoms with E-state index in [9.17, 15) is 4.79 Å². The lowest BCUT2D eigenvalue weighted by molar-refractivity contribution is -0.151. The van der Waals surface area contributed by atoms with E-state index in [2.05, 4.69) is 0 Å². The maximum atomic E-state index is 11.5. The molecule has 2 unspecified atom stereocenters. The summed E-state index contributed by atoms with van der Waals surface area (Å²) in [4.78, 5) is 11.5. The summed E-state index contributed by atoms with van der Waals surface area (Å²) in [5.41, 5.74) is 0. The van der Waals surface area contributed by atoms with Gasteiger partial charge in [-0.25, -0.2) is 0 Å². The summed E-state index contributed by atoms with van der Waals surface area (Å²) < 4.78 is 10.6. The van der Waals surface area contributed by atoms with Crippen molar-refractivity contribution in [3.63, 3.8) is 0 Å². The minimum atomic E-state index is -0.0376. The summed E-state index contributed by atoms with van der Waals surface area (Å²) in [5.74, 6) is -0.0191. The topological polar surface area (TPSA) is 35.5 Å². The third-order valence-corrected chi connectivity index (χ3v) is 2.87. The van der Waals surface area contributed by atoms with Crippen molar-refractivity contribution >= 4 is 5.97 Å². The van der Waals surface area contributed by atoms with Crippen molar-refractivity contribution in [1.82, 2.24) is 0 Å². The van der Waals surface area contributed by atoms with Gasteiger partial charge in [-0.2, -0.15) is 0 Å². The van der Waals surface area contributed by atoms with Gasteiger partial charge in [0.25, 0.3) is 0 Å². The molecule has 0 N–H and O–H groups in total. The molecular weight excluding hydrogens is 168 g/mol. The van der Waals surface area contributed by atoms with Crippen LogP contribution < -0.4 is 0 Å². The zero-order chi connectivity index (χ0) is 9.10. The number of hydrogen-bond donors (Lipinski definition) is 0. The highest BCUT2D eigenvalue weighted by atomic mass is 16.5. The van der Waals surface area contributed by atoms with Crippen molar-refractivity contribution in [3.05, 3.63) is 0 Å². The average Bonchev–Trinajstić information content (AvgIpc) is 2.56. The summed E-state index contributed by atoms with van der Waals surface area (Å²) in [6, 6.07) is 0. The second-order valence-corrected chi connectivity index (χ2v) is 3.82. The fourth-order valence-electron chi connectivity index (χ4n) is 2.12. The largest absolute Gasteiger partial charge is 0.465 e. The van der Waals surface area contributed by atoms with Gasteiger partial charge < -0.3 is 9.47 Å².